The normalized spacial score (nSPS) is 10.9. The van der Waals surface area contributed by atoms with Crippen LogP contribution in [0.5, 0.6) is 11.6 Å². The van der Waals surface area contributed by atoms with Gasteiger partial charge in [0.05, 0.1) is 5.02 Å². The molecule has 0 radical (unpaired) electrons. The minimum Gasteiger partial charge on any atom is -0.435 e. The first-order valence-corrected chi connectivity index (χ1v) is 8.89. The Morgan fingerprint density at radius 2 is 1.38 bits per heavy atom. The van der Waals surface area contributed by atoms with Crippen LogP contribution in [0.2, 0.25) is 15.1 Å². The second-order valence-corrected chi connectivity index (χ2v) is 6.86. The Hall–Kier alpha value is -2.33. The molecule has 128 valence electrons. The minimum absolute atomic E-state index is 0.377. The van der Waals surface area contributed by atoms with E-state index in [9.17, 15) is 0 Å². The fourth-order valence-corrected chi connectivity index (χ4v) is 3.21. The van der Waals surface area contributed by atoms with E-state index < -0.39 is 0 Å². The van der Waals surface area contributed by atoms with Gasteiger partial charge >= 0.3 is 0 Å². The van der Waals surface area contributed by atoms with Crippen molar-refractivity contribution in [2.24, 2.45) is 0 Å². The molecule has 1 heterocycles. The van der Waals surface area contributed by atoms with Crippen molar-refractivity contribution in [3.05, 3.63) is 81.8 Å². The highest BCUT2D eigenvalue weighted by Crippen LogP contribution is 2.36. The molecule has 0 fully saturated rings. The third-order valence-corrected chi connectivity index (χ3v) is 4.65. The van der Waals surface area contributed by atoms with Gasteiger partial charge in [0, 0.05) is 26.4 Å². The summed E-state index contributed by atoms with van der Waals surface area (Å²) in [4.78, 5) is 0. The van der Waals surface area contributed by atoms with Gasteiger partial charge in [-0.05, 0) is 36.4 Å². The third kappa shape index (κ3) is 3.34. The van der Waals surface area contributed by atoms with Crippen molar-refractivity contribution in [2.45, 2.75) is 0 Å². The summed E-state index contributed by atoms with van der Waals surface area (Å²) >= 11 is 18.1. The predicted octanol–water partition coefficient (Wildman–Crippen LogP) is 7.05. The van der Waals surface area contributed by atoms with Crippen molar-refractivity contribution >= 4 is 45.6 Å². The van der Waals surface area contributed by atoms with Gasteiger partial charge in [-0.3, -0.25) is 0 Å². The van der Waals surface area contributed by atoms with Crippen molar-refractivity contribution in [1.29, 1.82) is 0 Å². The van der Waals surface area contributed by atoms with Crippen LogP contribution in [0.4, 0.5) is 0 Å². The molecule has 3 nitrogen and oxygen atoms in total. The van der Waals surface area contributed by atoms with Crippen LogP contribution in [-0.4, -0.2) is 10.2 Å². The summed E-state index contributed by atoms with van der Waals surface area (Å²) in [5.41, 5.74) is 1.68. The predicted molar refractivity (Wildman–Crippen MR) is 107 cm³/mol. The lowest BCUT2D eigenvalue weighted by atomic mass is 10.1. The van der Waals surface area contributed by atoms with Gasteiger partial charge < -0.3 is 4.74 Å². The summed E-state index contributed by atoms with van der Waals surface area (Å²) in [5, 5.41) is 12.0. The first kappa shape index (κ1) is 17.1. The van der Waals surface area contributed by atoms with E-state index in [1.807, 2.05) is 48.5 Å². The number of ether oxygens (including phenoxy) is 1. The summed E-state index contributed by atoms with van der Waals surface area (Å²) in [6, 6.07) is 20.3. The maximum atomic E-state index is 6.20. The highest BCUT2D eigenvalue weighted by atomic mass is 35.5. The van der Waals surface area contributed by atoms with Gasteiger partial charge in [0.15, 0.2) is 0 Å². The van der Waals surface area contributed by atoms with Gasteiger partial charge in [-0.1, -0.05) is 65.1 Å². The van der Waals surface area contributed by atoms with E-state index in [0.29, 0.717) is 26.7 Å². The first-order valence-electron chi connectivity index (χ1n) is 7.76. The lowest BCUT2D eigenvalue weighted by molar-refractivity contribution is 0.462. The molecule has 0 unspecified atom stereocenters. The maximum Gasteiger partial charge on any atom is 0.246 e. The van der Waals surface area contributed by atoms with Crippen molar-refractivity contribution < 1.29 is 4.74 Å². The minimum atomic E-state index is 0.377. The standard InChI is InChI=1S/C20H11Cl3N2O/c21-13-7-5-12(6-8-13)19-15-3-1-2-4-16(15)20(25-24-19)26-18-10-9-14(22)11-17(18)23/h1-11H. The Morgan fingerprint density at radius 3 is 2.12 bits per heavy atom. The number of aromatic nitrogens is 2. The van der Waals surface area contributed by atoms with Crippen LogP contribution in [-0.2, 0) is 0 Å². The molecule has 0 atom stereocenters. The lowest BCUT2D eigenvalue weighted by Gasteiger charge is -2.11. The SMILES string of the molecule is Clc1ccc(-c2nnc(Oc3ccc(Cl)cc3Cl)c3ccccc23)cc1. The van der Waals surface area contributed by atoms with Crippen LogP contribution in [0.15, 0.2) is 66.7 Å². The van der Waals surface area contributed by atoms with Crippen LogP contribution in [0, 0.1) is 0 Å². The van der Waals surface area contributed by atoms with E-state index in [0.717, 1.165) is 22.0 Å². The van der Waals surface area contributed by atoms with Gasteiger partial charge in [0.2, 0.25) is 5.88 Å². The second kappa shape index (κ2) is 7.12. The second-order valence-electron chi connectivity index (χ2n) is 5.58. The van der Waals surface area contributed by atoms with Crippen LogP contribution in [0.25, 0.3) is 22.0 Å². The molecule has 0 amide bonds. The number of nitrogens with zero attached hydrogens (tertiary/aromatic N) is 2. The molecule has 0 bridgehead atoms. The average molecular weight is 402 g/mol. The van der Waals surface area contributed by atoms with Gasteiger partial charge in [-0.25, -0.2) is 0 Å². The van der Waals surface area contributed by atoms with E-state index in [1.54, 1.807) is 18.2 Å². The number of halogens is 3. The Balaban J connectivity index is 1.83. The molecule has 0 aliphatic carbocycles. The molecule has 0 aliphatic heterocycles. The summed E-state index contributed by atoms with van der Waals surface area (Å²) in [6.07, 6.45) is 0. The van der Waals surface area contributed by atoms with Crippen molar-refractivity contribution in [1.82, 2.24) is 10.2 Å². The lowest BCUT2D eigenvalue weighted by Crippen LogP contribution is -1.96. The molecule has 0 N–H and O–H groups in total. The summed E-state index contributed by atoms with van der Waals surface area (Å²) < 4.78 is 5.90. The molecular formula is C20H11Cl3N2O. The van der Waals surface area contributed by atoms with E-state index in [2.05, 4.69) is 10.2 Å². The highest BCUT2D eigenvalue weighted by molar-refractivity contribution is 6.35. The fraction of sp³-hybridized carbons (Fsp3) is 0. The smallest absolute Gasteiger partial charge is 0.246 e. The maximum absolute atomic E-state index is 6.20. The number of hydrogen-bond donors (Lipinski definition) is 0. The Morgan fingerprint density at radius 1 is 0.692 bits per heavy atom. The van der Waals surface area contributed by atoms with Gasteiger partial charge in [0.1, 0.15) is 11.4 Å². The van der Waals surface area contributed by atoms with E-state index in [-0.39, 0.29) is 0 Å². The zero-order valence-corrected chi connectivity index (χ0v) is 15.6. The molecule has 4 aromatic rings. The molecule has 1 aromatic heterocycles. The monoisotopic (exact) mass is 400 g/mol. The van der Waals surface area contributed by atoms with Crippen molar-refractivity contribution in [2.75, 3.05) is 0 Å². The number of rotatable bonds is 3. The average Bonchev–Trinajstić information content (AvgIpc) is 2.65. The van der Waals surface area contributed by atoms with Crippen LogP contribution in [0.3, 0.4) is 0 Å². The fourth-order valence-electron chi connectivity index (χ4n) is 2.64. The van der Waals surface area contributed by atoms with Crippen LogP contribution < -0.4 is 4.74 Å². The molecule has 0 spiro atoms. The van der Waals surface area contributed by atoms with Gasteiger partial charge in [-0.15, -0.1) is 10.2 Å². The first-order chi connectivity index (χ1) is 12.6. The van der Waals surface area contributed by atoms with E-state index in [1.165, 1.54) is 0 Å². The third-order valence-electron chi connectivity index (χ3n) is 3.87. The molecular weight excluding hydrogens is 391 g/mol. The van der Waals surface area contributed by atoms with Crippen molar-refractivity contribution in [3.8, 4) is 22.9 Å². The molecule has 26 heavy (non-hydrogen) atoms. The van der Waals surface area contributed by atoms with E-state index >= 15 is 0 Å². The molecule has 6 heteroatoms. The van der Waals surface area contributed by atoms with E-state index in [4.69, 9.17) is 39.5 Å². The largest absolute Gasteiger partial charge is 0.435 e. The van der Waals surface area contributed by atoms with Gasteiger partial charge in [-0.2, -0.15) is 0 Å². The van der Waals surface area contributed by atoms with Gasteiger partial charge in [0.25, 0.3) is 0 Å². The zero-order chi connectivity index (χ0) is 18.1. The number of fused-ring (bicyclic) bond motifs is 1. The quantitative estimate of drug-likeness (QED) is 0.369. The summed E-state index contributed by atoms with van der Waals surface area (Å²) in [5.74, 6) is 0.845. The van der Waals surface area contributed by atoms with Crippen LogP contribution in [0.1, 0.15) is 0 Å². The topological polar surface area (TPSA) is 35.0 Å². The van der Waals surface area contributed by atoms with Crippen molar-refractivity contribution in [3.63, 3.8) is 0 Å². The number of benzene rings is 3. The summed E-state index contributed by atoms with van der Waals surface area (Å²) in [6.45, 7) is 0. The Kier molecular flexibility index (Phi) is 4.68. The molecule has 3 aromatic carbocycles. The molecule has 4 rings (SSSR count). The molecule has 0 saturated carbocycles. The molecule has 0 aliphatic rings. The Labute approximate surface area is 165 Å². The van der Waals surface area contributed by atoms with Crippen LogP contribution >= 0.6 is 34.8 Å². The Bertz CT molecular complexity index is 1100. The molecule has 0 saturated heterocycles. The number of hydrogen-bond acceptors (Lipinski definition) is 3. The highest BCUT2D eigenvalue weighted by Gasteiger charge is 2.13. The summed E-state index contributed by atoms with van der Waals surface area (Å²) in [7, 11) is 0. The zero-order valence-electron chi connectivity index (χ0n) is 13.3.